The number of hydrogen-bond acceptors (Lipinski definition) is 3. The number of rotatable bonds is 7. The standard InChI is InChI=1S/C13H18F2O3S/c1-2-19(17,18)7-3-4-11(16)8-10-5-6-12(14)13(15)9-10/h5-6,9,11,16H,2-4,7-8H2,1H3. The Morgan fingerprint density at radius 1 is 1.26 bits per heavy atom. The van der Waals surface area contributed by atoms with E-state index in [9.17, 15) is 22.3 Å². The molecule has 1 N–H and O–H groups in total. The van der Waals surface area contributed by atoms with Crippen molar-refractivity contribution >= 4 is 9.84 Å². The van der Waals surface area contributed by atoms with E-state index in [-0.39, 0.29) is 17.9 Å². The summed E-state index contributed by atoms with van der Waals surface area (Å²) in [6.45, 7) is 1.58. The van der Waals surface area contributed by atoms with Crippen molar-refractivity contribution in [1.82, 2.24) is 0 Å². The third kappa shape index (κ3) is 5.65. The van der Waals surface area contributed by atoms with Gasteiger partial charge >= 0.3 is 0 Å². The summed E-state index contributed by atoms with van der Waals surface area (Å²) in [6, 6.07) is 3.46. The molecule has 108 valence electrons. The van der Waals surface area contributed by atoms with E-state index in [1.165, 1.54) is 6.07 Å². The number of halogens is 2. The second-order valence-electron chi connectivity index (χ2n) is 4.49. The Morgan fingerprint density at radius 2 is 1.95 bits per heavy atom. The fourth-order valence-corrected chi connectivity index (χ4v) is 2.62. The first-order valence-corrected chi connectivity index (χ1v) is 7.98. The minimum atomic E-state index is -3.02. The summed E-state index contributed by atoms with van der Waals surface area (Å²) in [6.07, 6.45) is 0.111. The summed E-state index contributed by atoms with van der Waals surface area (Å²) in [5, 5.41) is 9.72. The highest BCUT2D eigenvalue weighted by Crippen LogP contribution is 2.12. The largest absolute Gasteiger partial charge is 0.393 e. The molecule has 6 heteroatoms. The number of hydrogen-bond donors (Lipinski definition) is 1. The first-order chi connectivity index (χ1) is 8.84. The van der Waals surface area contributed by atoms with Gasteiger partial charge in [-0.15, -0.1) is 0 Å². The molecule has 1 atom stereocenters. The molecule has 0 amide bonds. The van der Waals surface area contributed by atoms with Gasteiger partial charge in [0.05, 0.1) is 11.9 Å². The summed E-state index contributed by atoms with van der Waals surface area (Å²) in [7, 11) is -3.02. The Kier molecular flexibility index (Phi) is 5.87. The van der Waals surface area contributed by atoms with E-state index in [4.69, 9.17) is 0 Å². The van der Waals surface area contributed by atoms with Crippen LogP contribution >= 0.6 is 0 Å². The van der Waals surface area contributed by atoms with Crippen LogP contribution in [0.25, 0.3) is 0 Å². The van der Waals surface area contributed by atoms with Gasteiger partial charge in [-0.05, 0) is 37.0 Å². The summed E-state index contributed by atoms with van der Waals surface area (Å²) in [5.74, 6) is -1.74. The smallest absolute Gasteiger partial charge is 0.159 e. The van der Waals surface area contributed by atoms with Crippen molar-refractivity contribution in [2.45, 2.75) is 32.3 Å². The van der Waals surface area contributed by atoms with Crippen molar-refractivity contribution in [2.75, 3.05) is 11.5 Å². The predicted octanol–water partition coefficient (Wildman–Crippen LogP) is 2.08. The Morgan fingerprint density at radius 3 is 2.53 bits per heavy atom. The minimum Gasteiger partial charge on any atom is -0.393 e. The van der Waals surface area contributed by atoms with E-state index >= 15 is 0 Å². The molecular weight excluding hydrogens is 274 g/mol. The van der Waals surface area contributed by atoms with Gasteiger partial charge in [-0.2, -0.15) is 0 Å². The monoisotopic (exact) mass is 292 g/mol. The van der Waals surface area contributed by atoms with Crippen LogP contribution in [0.4, 0.5) is 8.78 Å². The molecule has 0 spiro atoms. The van der Waals surface area contributed by atoms with Crippen LogP contribution in [0.15, 0.2) is 18.2 Å². The maximum atomic E-state index is 12.9. The van der Waals surface area contributed by atoms with Crippen molar-refractivity contribution in [2.24, 2.45) is 0 Å². The zero-order valence-corrected chi connectivity index (χ0v) is 11.6. The molecule has 0 aliphatic carbocycles. The Balaban J connectivity index is 2.43. The molecule has 0 bridgehead atoms. The first kappa shape index (κ1) is 16.0. The van der Waals surface area contributed by atoms with Gasteiger partial charge in [0.25, 0.3) is 0 Å². The maximum absolute atomic E-state index is 12.9. The van der Waals surface area contributed by atoms with Crippen LogP contribution in [0.1, 0.15) is 25.3 Å². The third-order valence-electron chi connectivity index (χ3n) is 2.89. The molecule has 0 fully saturated rings. The SMILES string of the molecule is CCS(=O)(=O)CCCC(O)Cc1ccc(F)c(F)c1. The molecule has 1 rings (SSSR count). The second kappa shape index (κ2) is 6.96. The zero-order valence-electron chi connectivity index (χ0n) is 10.8. The van der Waals surface area contributed by atoms with E-state index in [0.717, 1.165) is 12.1 Å². The first-order valence-electron chi connectivity index (χ1n) is 6.16. The van der Waals surface area contributed by atoms with Gasteiger partial charge in [0.2, 0.25) is 0 Å². The van der Waals surface area contributed by atoms with Crippen molar-refractivity contribution in [1.29, 1.82) is 0 Å². The molecule has 0 saturated heterocycles. The lowest BCUT2D eigenvalue weighted by atomic mass is 10.0. The quantitative estimate of drug-likeness (QED) is 0.837. The van der Waals surface area contributed by atoms with E-state index in [1.807, 2.05) is 0 Å². The van der Waals surface area contributed by atoms with E-state index in [2.05, 4.69) is 0 Å². The molecule has 1 aromatic rings. The second-order valence-corrected chi connectivity index (χ2v) is 6.96. The summed E-state index contributed by atoms with van der Waals surface area (Å²) in [4.78, 5) is 0. The van der Waals surface area contributed by atoms with Crippen LogP contribution < -0.4 is 0 Å². The van der Waals surface area contributed by atoms with Crippen LogP contribution in [-0.2, 0) is 16.3 Å². The molecule has 0 saturated carbocycles. The highest BCUT2D eigenvalue weighted by atomic mass is 32.2. The molecule has 0 aromatic heterocycles. The fraction of sp³-hybridized carbons (Fsp3) is 0.538. The van der Waals surface area contributed by atoms with Gasteiger partial charge in [0.1, 0.15) is 9.84 Å². The average molecular weight is 292 g/mol. The maximum Gasteiger partial charge on any atom is 0.159 e. The number of sulfone groups is 1. The fourth-order valence-electron chi connectivity index (χ4n) is 1.72. The highest BCUT2D eigenvalue weighted by Gasteiger charge is 2.11. The molecule has 1 unspecified atom stereocenters. The van der Waals surface area contributed by atoms with Gasteiger partial charge in [-0.25, -0.2) is 17.2 Å². The van der Waals surface area contributed by atoms with E-state index < -0.39 is 27.6 Å². The highest BCUT2D eigenvalue weighted by molar-refractivity contribution is 7.91. The van der Waals surface area contributed by atoms with Gasteiger partial charge in [0.15, 0.2) is 11.6 Å². The number of aliphatic hydroxyl groups is 1. The van der Waals surface area contributed by atoms with Crippen molar-refractivity contribution in [3.05, 3.63) is 35.4 Å². The molecule has 0 heterocycles. The third-order valence-corrected chi connectivity index (χ3v) is 4.68. The van der Waals surface area contributed by atoms with Crippen LogP contribution in [0, 0.1) is 11.6 Å². The summed E-state index contributed by atoms with van der Waals surface area (Å²) in [5.41, 5.74) is 0.491. The molecule has 19 heavy (non-hydrogen) atoms. The lowest BCUT2D eigenvalue weighted by Gasteiger charge is -2.10. The van der Waals surface area contributed by atoms with Crippen LogP contribution in [0.2, 0.25) is 0 Å². The lowest BCUT2D eigenvalue weighted by Crippen LogP contribution is -2.15. The van der Waals surface area contributed by atoms with Gasteiger partial charge in [-0.1, -0.05) is 13.0 Å². The predicted molar refractivity (Wildman–Crippen MR) is 69.6 cm³/mol. The number of benzene rings is 1. The normalized spacial score (nSPS) is 13.5. The van der Waals surface area contributed by atoms with E-state index in [1.54, 1.807) is 6.92 Å². The average Bonchev–Trinajstić information content (AvgIpc) is 2.33. The molecular formula is C13H18F2O3S. The Labute approximate surface area is 112 Å². The van der Waals surface area contributed by atoms with Gasteiger partial charge < -0.3 is 5.11 Å². The van der Waals surface area contributed by atoms with Crippen LogP contribution in [0.3, 0.4) is 0 Å². The summed E-state index contributed by atoms with van der Waals surface area (Å²) < 4.78 is 48.1. The van der Waals surface area contributed by atoms with Crippen molar-refractivity contribution in [3.8, 4) is 0 Å². The van der Waals surface area contributed by atoms with Crippen LogP contribution in [-0.4, -0.2) is 31.1 Å². The molecule has 1 aromatic carbocycles. The molecule has 0 aliphatic heterocycles. The Hall–Kier alpha value is -1.01. The van der Waals surface area contributed by atoms with Gasteiger partial charge in [-0.3, -0.25) is 0 Å². The lowest BCUT2D eigenvalue weighted by molar-refractivity contribution is 0.164. The molecule has 3 nitrogen and oxygen atoms in total. The zero-order chi connectivity index (χ0) is 14.5. The van der Waals surface area contributed by atoms with Gasteiger partial charge in [0, 0.05) is 5.75 Å². The van der Waals surface area contributed by atoms with Crippen molar-refractivity contribution < 1.29 is 22.3 Å². The Bertz CT molecular complexity index is 515. The molecule has 0 aliphatic rings. The minimum absolute atomic E-state index is 0.0400. The van der Waals surface area contributed by atoms with E-state index in [0.29, 0.717) is 18.4 Å². The topological polar surface area (TPSA) is 54.4 Å². The number of aliphatic hydroxyl groups excluding tert-OH is 1. The summed E-state index contributed by atoms with van der Waals surface area (Å²) >= 11 is 0. The van der Waals surface area contributed by atoms with Crippen molar-refractivity contribution in [3.63, 3.8) is 0 Å². The molecule has 0 radical (unpaired) electrons. The van der Waals surface area contributed by atoms with Crippen LogP contribution in [0.5, 0.6) is 0 Å².